The third kappa shape index (κ3) is 5.88. The zero-order valence-electron chi connectivity index (χ0n) is 18.4. The smallest absolute Gasteiger partial charge is 0.132 e. The van der Waals surface area contributed by atoms with Crippen LogP contribution >= 0.6 is 0 Å². The molecule has 160 valence electrons. The standard InChI is InChI=1S/C24H32FN5/c1-5-7-19(8-6-2)20-13-22(21-15-27-30(4)16-21)28-24(14-20)29-23-12-18(9-10-26-23)11-17(3)25/h9-10,12-17,19H,5-8,11H2,1-4H3,(H,26,28,29). The Bertz CT molecular complexity index is 944. The van der Waals surface area contributed by atoms with Crippen LogP contribution < -0.4 is 5.32 Å². The first kappa shape index (κ1) is 21.9. The molecule has 0 spiro atoms. The van der Waals surface area contributed by atoms with Crippen molar-refractivity contribution in [3.05, 3.63) is 54.0 Å². The molecular formula is C24H32FN5. The maximum atomic E-state index is 13.4. The Balaban J connectivity index is 1.97. The van der Waals surface area contributed by atoms with Crippen LogP contribution in [-0.2, 0) is 13.5 Å². The molecule has 0 aromatic carbocycles. The van der Waals surface area contributed by atoms with E-state index in [1.165, 1.54) is 5.56 Å². The second-order valence-corrected chi connectivity index (χ2v) is 8.01. The van der Waals surface area contributed by atoms with E-state index in [1.54, 1.807) is 17.8 Å². The topological polar surface area (TPSA) is 55.6 Å². The highest BCUT2D eigenvalue weighted by Gasteiger charge is 2.15. The van der Waals surface area contributed by atoms with Crippen molar-refractivity contribution in [2.24, 2.45) is 7.05 Å². The first-order valence-corrected chi connectivity index (χ1v) is 10.9. The summed E-state index contributed by atoms with van der Waals surface area (Å²) in [6.07, 6.45) is 9.59. The van der Waals surface area contributed by atoms with Gasteiger partial charge in [-0.3, -0.25) is 4.68 Å². The molecule has 1 N–H and O–H groups in total. The molecule has 3 aromatic heterocycles. The molecule has 0 bridgehead atoms. The minimum Gasteiger partial charge on any atom is -0.325 e. The summed E-state index contributed by atoms with van der Waals surface area (Å²) in [7, 11) is 1.91. The van der Waals surface area contributed by atoms with Gasteiger partial charge in [0.05, 0.1) is 11.9 Å². The maximum absolute atomic E-state index is 13.4. The van der Waals surface area contributed by atoms with Gasteiger partial charge in [0, 0.05) is 31.4 Å². The van der Waals surface area contributed by atoms with E-state index in [2.05, 4.69) is 41.4 Å². The lowest BCUT2D eigenvalue weighted by Crippen LogP contribution is -2.04. The lowest BCUT2D eigenvalue weighted by atomic mass is 9.90. The highest BCUT2D eigenvalue weighted by atomic mass is 19.1. The van der Waals surface area contributed by atoms with Crippen LogP contribution in [0.5, 0.6) is 0 Å². The number of aromatic nitrogens is 4. The fourth-order valence-corrected chi connectivity index (χ4v) is 3.85. The van der Waals surface area contributed by atoms with Crippen molar-refractivity contribution in [1.29, 1.82) is 0 Å². The van der Waals surface area contributed by atoms with Crippen LogP contribution in [-0.4, -0.2) is 25.9 Å². The van der Waals surface area contributed by atoms with Crippen LogP contribution in [0.4, 0.5) is 16.0 Å². The van der Waals surface area contributed by atoms with E-state index in [0.29, 0.717) is 18.2 Å². The van der Waals surface area contributed by atoms with E-state index in [1.807, 2.05) is 31.6 Å². The molecule has 6 heteroatoms. The van der Waals surface area contributed by atoms with Gasteiger partial charge in [-0.25, -0.2) is 14.4 Å². The van der Waals surface area contributed by atoms with E-state index in [0.717, 1.165) is 48.3 Å². The van der Waals surface area contributed by atoms with Gasteiger partial charge in [0.25, 0.3) is 0 Å². The van der Waals surface area contributed by atoms with Crippen molar-refractivity contribution >= 4 is 11.6 Å². The quantitative estimate of drug-likeness (QED) is 0.433. The van der Waals surface area contributed by atoms with Gasteiger partial charge in [0.2, 0.25) is 0 Å². The summed E-state index contributed by atoms with van der Waals surface area (Å²) in [4.78, 5) is 9.23. The van der Waals surface area contributed by atoms with Crippen LogP contribution in [0.2, 0.25) is 0 Å². The number of pyridine rings is 2. The number of aryl methyl sites for hydroxylation is 1. The Labute approximate surface area is 178 Å². The molecule has 0 saturated heterocycles. The van der Waals surface area contributed by atoms with E-state index in [9.17, 15) is 4.39 Å². The first-order valence-electron chi connectivity index (χ1n) is 10.9. The van der Waals surface area contributed by atoms with Crippen molar-refractivity contribution < 1.29 is 4.39 Å². The normalized spacial score (nSPS) is 12.3. The van der Waals surface area contributed by atoms with Crippen LogP contribution in [0.3, 0.4) is 0 Å². The van der Waals surface area contributed by atoms with E-state index in [-0.39, 0.29) is 0 Å². The van der Waals surface area contributed by atoms with Gasteiger partial charge in [0.1, 0.15) is 17.8 Å². The Hall–Kier alpha value is -2.76. The fraction of sp³-hybridized carbons (Fsp3) is 0.458. The predicted octanol–water partition coefficient (Wildman–Crippen LogP) is 6.21. The SMILES string of the molecule is CCCC(CCC)c1cc(Nc2cc(CC(C)F)ccn2)nc(-c2cnn(C)c2)c1. The molecule has 1 unspecified atom stereocenters. The first-order chi connectivity index (χ1) is 14.5. The van der Waals surface area contributed by atoms with Crippen LogP contribution in [0.1, 0.15) is 63.5 Å². The third-order valence-electron chi connectivity index (χ3n) is 5.19. The largest absolute Gasteiger partial charge is 0.325 e. The number of hydrogen-bond donors (Lipinski definition) is 1. The third-order valence-corrected chi connectivity index (χ3v) is 5.19. The zero-order valence-corrected chi connectivity index (χ0v) is 18.4. The molecule has 0 aliphatic heterocycles. The highest BCUT2D eigenvalue weighted by Crippen LogP contribution is 2.31. The molecule has 3 heterocycles. The molecule has 3 rings (SSSR count). The summed E-state index contributed by atoms with van der Waals surface area (Å²) in [5.41, 5.74) is 4.08. The number of hydrogen-bond acceptors (Lipinski definition) is 4. The lowest BCUT2D eigenvalue weighted by molar-refractivity contribution is 0.360. The number of halogens is 1. The molecule has 0 fully saturated rings. The van der Waals surface area contributed by atoms with Gasteiger partial charge in [-0.1, -0.05) is 26.7 Å². The van der Waals surface area contributed by atoms with Crippen molar-refractivity contribution in [2.45, 2.75) is 65.0 Å². The number of anilines is 2. The molecule has 0 saturated carbocycles. The Kier molecular flexibility index (Phi) is 7.55. The summed E-state index contributed by atoms with van der Waals surface area (Å²) in [5, 5.41) is 7.64. The van der Waals surface area contributed by atoms with Crippen molar-refractivity contribution in [2.75, 3.05) is 5.32 Å². The van der Waals surface area contributed by atoms with E-state index >= 15 is 0 Å². The zero-order chi connectivity index (χ0) is 21.5. The molecule has 0 aliphatic rings. The molecule has 1 atom stereocenters. The summed E-state index contributed by atoms with van der Waals surface area (Å²) < 4.78 is 15.2. The van der Waals surface area contributed by atoms with E-state index in [4.69, 9.17) is 4.98 Å². The Morgan fingerprint density at radius 1 is 1.10 bits per heavy atom. The summed E-state index contributed by atoms with van der Waals surface area (Å²) >= 11 is 0. The highest BCUT2D eigenvalue weighted by molar-refractivity contribution is 5.64. The molecule has 30 heavy (non-hydrogen) atoms. The van der Waals surface area contributed by atoms with Gasteiger partial charge in [-0.15, -0.1) is 0 Å². The van der Waals surface area contributed by atoms with Gasteiger partial charge in [-0.05, 0) is 61.1 Å². The van der Waals surface area contributed by atoms with Crippen molar-refractivity contribution in [1.82, 2.24) is 19.7 Å². The molecule has 5 nitrogen and oxygen atoms in total. The van der Waals surface area contributed by atoms with Crippen LogP contribution in [0.25, 0.3) is 11.3 Å². The average molecular weight is 410 g/mol. The van der Waals surface area contributed by atoms with Gasteiger partial charge in [-0.2, -0.15) is 5.10 Å². The Morgan fingerprint density at radius 2 is 1.87 bits per heavy atom. The molecule has 0 aliphatic carbocycles. The Morgan fingerprint density at radius 3 is 2.50 bits per heavy atom. The number of nitrogens with zero attached hydrogens (tertiary/aromatic N) is 4. The van der Waals surface area contributed by atoms with Crippen molar-refractivity contribution in [3.8, 4) is 11.3 Å². The number of nitrogens with one attached hydrogen (secondary N) is 1. The van der Waals surface area contributed by atoms with Crippen LogP contribution in [0, 0.1) is 0 Å². The van der Waals surface area contributed by atoms with E-state index < -0.39 is 6.17 Å². The molecule has 0 amide bonds. The summed E-state index contributed by atoms with van der Waals surface area (Å²) in [5.74, 6) is 1.92. The monoisotopic (exact) mass is 409 g/mol. The summed E-state index contributed by atoms with van der Waals surface area (Å²) in [6, 6.07) is 8.06. The average Bonchev–Trinajstić information content (AvgIpc) is 3.14. The molecule has 0 radical (unpaired) electrons. The minimum absolute atomic E-state index is 0.376. The van der Waals surface area contributed by atoms with Gasteiger partial charge < -0.3 is 5.32 Å². The second-order valence-electron chi connectivity index (χ2n) is 8.01. The summed E-state index contributed by atoms with van der Waals surface area (Å²) in [6.45, 7) is 6.03. The number of rotatable bonds is 10. The number of alkyl halides is 1. The minimum atomic E-state index is -0.886. The molecule has 3 aromatic rings. The van der Waals surface area contributed by atoms with Gasteiger partial charge >= 0.3 is 0 Å². The lowest BCUT2D eigenvalue weighted by Gasteiger charge is -2.18. The fourth-order valence-electron chi connectivity index (χ4n) is 3.85. The second kappa shape index (κ2) is 10.3. The van der Waals surface area contributed by atoms with Crippen LogP contribution in [0.15, 0.2) is 42.9 Å². The van der Waals surface area contributed by atoms with Gasteiger partial charge in [0.15, 0.2) is 0 Å². The van der Waals surface area contributed by atoms with Crippen molar-refractivity contribution in [3.63, 3.8) is 0 Å². The maximum Gasteiger partial charge on any atom is 0.132 e. The predicted molar refractivity (Wildman–Crippen MR) is 121 cm³/mol. The molecular weight excluding hydrogens is 377 g/mol.